The van der Waals surface area contributed by atoms with Gasteiger partial charge in [0.15, 0.2) is 5.78 Å². The van der Waals surface area contributed by atoms with E-state index in [1.807, 2.05) is 32.0 Å². The van der Waals surface area contributed by atoms with Gasteiger partial charge in [-0.25, -0.2) is 9.59 Å². The first-order chi connectivity index (χ1) is 16.2. The summed E-state index contributed by atoms with van der Waals surface area (Å²) in [7, 11) is 1.33. The van der Waals surface area contributed by atoms with Gasteiger partial charge in [0.25, 0.3) is 0 Å². The van der Waals surface area contributed by atoms with E-state index in [-0.39, 0.29) is 18.0 Å². The van der Waals surface area contributed by atoms with Crippen molar-refractivity contribution in [2.24, 2.45) is 5.41 Å². The van der Waals surface area contributed by atoms with E-state index < -0.39 is 11.4 Å². The zero-order valence-corrected chi connectivity index (χ0v) is 19.8. The lowest BCUT2D eigenvalue weighted by atomic mass is 9.89. The van der Waals surface area contributed by atoms with Gasteiger partial charge in [0, 0.05) is 16.0 Å². The van der Waals surface area contributed by atoms with Crippen molar-refractivity contribution in [3.05, 3.63) is 98.4 Å². The standard InChI is InChI=1S/C27H23ClN2O4/c1-27(2)14-18-7-9-20(13-21(18)24(27)31)30-23-12-19(28)8-10-22(23)29(26(30)33)15-16-5-4-6-17(11-16)25(32)34-3/h4-13H,14-15H2,1-3H3. The summed E-state index contributed by atoms with van der Waals surface area (Å²) in [6.45, 7) is 4.14. The second-order valence-electron chi connectivity index (χ2n) is 9.26. The Labute approximate surface area is 201 Å². The molecule has 4 aromatic rings. The van der Waals surface area contributed by atoms with Gasteiger partial charge in [-0.15, -0.1) is 0 Å². The first-order valence-electron chi connectivity index (χ1n) is 11.0. The first-order valence-corrected chi connectivity index (χ1v) is 11.3. The molecule has 0 saturated heterocycles. The highest BCUT2D eigenvalue weighted by Crippen LogP contribution is 2.37. The summed E-state index contributed by atoms with van der Waals surface area (Å²) >= 11 is 6.30. The Morgan fingerprint density at radius 3 is 2.59 bits per heavy atom. The number of ketones is 1. The zero-order chi connectivity index (χ0) is 24.2. The number of halogens is 1. The second kappa shape index (κ2) is 7.99. The number of imidazole rings is 1. The third-order valence-corrected chi connectivity index (χ3v) is 6.66. The monoisotopic (exact) mass is 474 g/mol. The molecule has 1 aliphatic carbocycles. The molecule has 0 amide bonds. The number of methoxy groups -OCH3 is 1. The lowest BCUT2D eigenvalue weighted by Crippen LogP contribution is -2.24. The molecular formula is C27H23ClN2O4. The highest BCUT2D eigenvalue weighted by molar-refractivity contribution is 6.31. The van der Waals surface area contributed by atoms with Crippen LogP contribution in [0, 0.1) is 5.41 Å². The van der Waals surface area contributed by atoms with Gasteiger partial charge in [-0.1, -0.05) is 43.6 Å². The Hall–Kier alpha value is -3.64. The van der Waals surface area contributed by atoms with E-state index >= 15 is 0 Å². The second-order valence-corrected chi connectivity index (χ2v) is 9.70. The van der Waals surface area contributed by atoms with Crippen molar-refractivity contribution >= 4 is 34.4 Å². The van der Waals surface area contributed by atoms with Gasteiger partial charge in [-0.3, -0.25) is 13.9 Å². The summed E-state index contributed by atoms with van der Waals surface area (Å²) in [5.74, 6) is -0.354. The number of aromatic nitrogens is 2. The SMILES string of the molecule is COC(=O)c1cccc(Cn2c(=O)n(-c3ccc4c(c3)C(=O)C(C)(C)C4)c3cc(Cl)ccc32)c1. The number of rotatable bonds is 4. The number of hydrogen-bond acceptors (Lipinski definition) is 4. The topological polar surface area (TPSA) is 70.3 Å². The molecular weight excluding hydrogens is 452 g/mol. The normalized spacial score (nSPS) is 14.4. The van der Waals surface area contributed by atoms with Crippen LogP contribution in [0.3, 0.4) is 0 Å². The zero-order valence-electron chi connectivity index (χ0n) is 19.1. The number of ether oxygens (including phenoxy) is 1. The van der Waals surface area contributed by atoms with Crippen molar-refractivity contribution in [1.82, 2.24) is 9.13 Å². The van der Waals surface area contributed by atoms with Gasteiger partial charge >= 0.3 is 11.7 Å². The third-order valence-electron chi connectivity index (χ3n) is 6.42. The minimum atomic E-state index is -0.451. The number of Topliss-reactive ketones (excluding diaryl/α,β-unsaturated/α-hetero) is 1. The van der Waals surface area contributed by atoms with Crippen molar-refractivity contribution in [1.29, 1.82) is 0 Å². The fourth-order valence-corrected chi connectivity index (χ4v) is 4.89. The summed E-state index contributed by atoms with van der Waals surface area (Å²) in [5.41, 5.74) is 4.10. The van der Waals surface area contributed by atoms with E-state index in [4.69, 9.17) is 16.3 Å². The molecule has 0 bridgehead atoms. The van der Waals surface area contributed by atoms with Crippen LogP contribution in [0.2, 0.25) is 5.02 Å². The fourth-order valence-electron chi connectivity index (χ4n) is 4.72. The van der Waals surface area contributed by atoms with Crippen LogP contribution < -0.4 is 5.69 Å². The maximum absolute atomic E-state index is 13.7. The third kappa shape index (κ3) is 3.55. The smallest absolute Gasteiger partial charge is 0.337 e. The number of benzene rings is 3. The van der Waals surface area contributed by atoms with Crippen LogP contribution in [0.1, 0.15) is 45.7 Å². The summed E-state index contributed by atoms with van der Waals surface area (Å²) < 4.78 is 8.04. The molecule has 0 spiro atoms. The van der Waals surface area contributed by atoms with Crippen LogP contribution in [0.25, 0.3) is 16.7 Å². The van der Waals surface area contributed by atoms with Crippen LogP contribution >= 0.6 is 11.6 Å². The van der Waals surface area contributed by atoms with Crippen LogP contribution in [0.15, 0.2) is 65.5 Å². The van der Waals surface area contributed by atoms with Crippen LogP contribution in [-0.2, 0) is 17.7 Å². The summed E-state index contributed by atoms with van der Waals surface area (Å²) in [6.07, 6.45) is 0.681. The van der Waals surface area contributed by atoms with E-state index in [9.17, 15) is 14.4 Å². The summed E-state index contributed by atoms with van der Waals surface area (Å²) in [6, 6.07) is 17.9. The Bertz CT molecular complexity index is 1540. The van der Waals surface area contributed by atoms with Gasteiger partial charge in [-0.2, -0.15) is 0 Å². The number of nitrogens with zero attached hydrogens (tertiary/aromatic N) is 2. The Morgan fingerprint density at radius 2 is 1.82 bits per heavy atom. The lowest BCUT2D eigenvalue weighted by Gasteiger charge is -2.13. The molecule has 34 heavy (non-hydrogen) atoms. The molecule has 6 nitrogen and oxygen atoms in total. The highest BCUT2D eigenvalue weighted by Gasteiger charge is 2.37. The maximum Gasteiger partial charge on any atom is 0.337 e. The average molecular weight is 475 g/mol. The highest BCUT2D eigenvalue weighted by atomic mass is 35.5. The molecule has 0 atom stereocenters. The van der Waals surface area contributed by atoms with Gasteiger partial charge in [-0.05, 0) is 60.0 Å². The van der Waals surface area contributed by atoms with E-state index in [2.05, 4.69) is 0 Å². The van der Waals surface area contributed by atoms with Crippen molar-refractivity contribution in [3.8, 4) is 5.69 Å². The predicted molar refractivity (Wildman–Crippen MR) is 131 cm³/mol. The van der Waals surface area contributed by atoms with Crippen molar-refractivity contribution in [3.63, 3.8) is 0 Å². The number of fused-ring (bicyclic) bond motifs is 2. The van der Waals surface area contributed by atoms with Crippen molar-refractivity contribution in [2.45, 2.75) is 26.8 Å². The number of hydrogen-bond donors (Lipinski definition) is 0. The number of carbonyl (C=O) groups is 2. The Morgan fingerprint density at radius 1 is 1.03 bits per heavy atom. The molecule has 1 heterocycles. The Kier molecular flexibility index (Phi) is 5.21. The largest absolute Gasteiger partial charge is 0.465 e. The van der Waals surface area contributed by atoms with Crippen molar-refractivity contribution < 1.29 is 14.3 Å². The molecule has 172 valence electrons. The molecule has 1 aliphatic rings. The molecule has 0 unspecified atom stereocenters. The lowest BCUT2D eigenvalue weighted by molar-refractivity contribution is 0.0600. The molecule has 3 aromatic carbocycles. The van der Waals surface area contributed by atoms with Gasteiger partial charge in [0.05, 0.1) is 35.9 Å². The molecule has 0 fully saturated rings. The van der Waals surface area contributed by atoms with E-state index in [1.54, 1.807) is 51.6 Å². The van der Waals surface area contributed by atoms with E-state index in [0.29, 0.717) is 39.3 Å². The van der Waals surface area contributed by atoms with Crippen molar-refractivity contribution in [2.75, 3.05) is 7.11 Å². The maximum atomic E-state index is 13.7. The van der Waals surface area contributed by atoms with Gasteiger partial charge in [0.2, 0.25) is 0 Å². The molecule has 5 rings (SSSR count). The minimum absolute atomic E-state index is 0.0822. The molecule has 7 heteroatoms. The van der Waals surface area contributed by atoms with Gasteiger partial charge < -0.3 is 4.74 Å². The summed E-state index contributed by atoms with van der Waals surface area (Å²) in [5, 5.41) is 0.504. The van der Waals surface area contributed by atoms with Crippen LogP contribution in [0.4, 0.5) is 0 Å². The number of carbonyl (C=O) groups excluding carboxylic acids is 2. The van der Waals surface area contributed by atoms with Crippen LogP contribution in [0.5, 0.6) is 0 Å². The fraction of sp³-hybridized carbons (Fsp3) is 0.222. The van der Waals surface area contributed by atoms with Gasteiger partial charge in [0.1, 0.15) is 0 Å². The minimum Gasteiger partial charge on any atom is -0.465 e. The molecule has 1 aromatic heterocycles. The first kappa shape index (κ1) is 22.2. The quantitative estimate of drug-likeness (QED) is 0.388. The Balaban J connectivity index is 1.66. The molecule has 0 aliphatic heterocycles. The molecule has 0 saturated carbocycles. The average Bonchev–Trinajstić information content (AvgIpc) is 3.21. The predicted octanol–water partition coefficient (Wildman–Crippen LogP) is 5.05. The molecule has 0 N–H and O–H groups in total. The molecule has 0 radical (unpaired) electrons. The van der Waals surface area contributed by atoms with E-state index in [1.165, 1.54) is 7.11 Å². The van der Waals surface area contributed by atoms with Crippen LogP contribution in [-0.4, -0.2) is 28.0 Å². The number of esters is 1. The summed E-state index contributed by atoms with van der Waals surface area (Å²) in [4.78, 5) is 38.6. The van der Waals surface area contributed by atoms with E-state index in [0.717, 1.165) is 11.1 Å².